The smallest absolute Gasteiger partial charge is 0.407 e. The average molecular weight is 393 g/mol. The highest BCUT2D eigenvalue weighted by Gasteiger charge is 2.26. The van der Waals surface area contributed by atoms with Gasteiger partial charge in [0.2, 0.25) is 0 Å². The highest BCUT2D eigenvalue weighted by molar-refractivity contribution is 7.90. The summed E-state index contributed by atoms with van der Waals surface area (Å²) >= 11 is 0. The number of aliphatic hydroxyl groups excluding tert-OH is 1. The number of carbonyl (C=O) groups excluding carboxylic acids is 1. The zero-order valence-corrected chi connectivity index (χ0v) is 17.1. The van der Waals surface area contributed by atoms with Crippen LogP contribution in [-0.2, 0) is 14.6 Å². The summed E-state index contributed by atoms with van der Waals surface area (Å²) in [4.78, 5) is 11.9. The molecular formula is C18H36N2O5S. The lowest BCUT2D eigenvalue weighted by Gasteiger charge is -2.30. The molecule has 0 aliphatic heterocycles. The van der Waals surface area contributed by atoms with E-state index in [0.29, 0.717) is 12.3 Å². The van der Waals surface area contributed by atoms with E-state index in [1.165, 1.54) is 32.1 Å². The number of nitrogens with two attached hydrogens (primary N) is 1. The van der Waals surface area contributed by atoms with Gasteiger partial charge in [0.15, 0.2) is 9.84 Å². The van der Waals surface area contributed by atoms with E-state index in [1.54, 1.807) is 0 Å². The topological polar surface area (TPSA) is 119 Å². The SMILES string of the molecule is CC(C)C(CC(O)C(N)CC1CCCCC1)NC(=O)OCCS(C)(=O)=O. The third kappa shape index (κ3) is 9.73. The Morgan fingerprint density at radius 3 is 2.42 bits per heavy atom. The van der Waals surface area contributed by atoms with Crippen molar-refractivity contribution in [1.82, 2.24) is 5.32 Å². The molecule has 8 heteroatoms. The molecule has 154 valence electrons. The maximum atomic E-state index is 11.9. The van der Waals surface area contributed by atoms with Crippen LogP contribution < -0.4 is 11.1 Å². The molecule has 1 aliphatic carbocycles. The summed E-state index contributed by atoms with van der Waals surface area (Å²) in [7, 11) is -3.17. The number of nitrogens with one attached hydrogen (secondary N) is 1. The number of aliphatic hydroxyl groups is 1. The fourth-order valence-corrected chi connectivity index (χ4v) is 3.76. The molecule has 0 bridgehead atoms. The van der Waals surface area contributed by atoms with Gasteiger partial charge in [0, 0.05) is 18.3 Å². The van der Waals surface area contributed by atoms with Crippen LogP contribution in [0.1, 0.15) is 58.8 Å². The van der Waals surface area contributed by atoms with E-state index in [4.69, 9.17) is 10.5 Å². The minimum absolute atomic E-state index is 0.0917. The molecule has 1 saturated carbocycles. The normalized spacial score (nSPS) is 19.8. The Morgan fingerprint density at radius 2 is 1.88 bits per heavy atom. The van der Waals surface area contributed by atoms with E-state index in [-0.39, 0.29) is 30.4 Å². The number of rotatable bonds is 10. The summed E-state index contributed by atoms with van der Waals surface area (Å²) in [6.45, 7) is 3.71. The second-order valence-electron chi connectivity index (χ2n) is 7.97. The van der Waals surface area contributed by atoms with Crippen LogP contribution in [0.15, 0.2) is 0 Å². The summed E-state index contributed by atoms with van der Waals surface area (Å²) in [6, 6.07) is -0.587. The van der Waals surface area contributed by atoms with Crippen LogP contribution in [0.2, 0.25) is 0 Å². The zero-order valence-electron chi connectivity index (χ0n) is 16.3. The van der Waals surface area contributed by atoms with Crippen molar-refractivity contribution in [3.63, 3.8) is 0 Å². The standard InChI is InChI=1S/C18H36N2O5S/c1-13(2)16(20-18(22)25-9-10-26(3,23)24)12-17(21)15(19)11-14-7-5-4-6-8-14/h13-17,21H,4-12,19H2,1-3H3,(H,20,22). The van der Waals surface area contributed by atoms with Crippen molar-refractivity contribution >= 4 is 15.9 Å². The van der Waals surface area contributed by atoms with Crippen molar-refractivity contribution in [3.8, 4) is 0 Å². The summed E-state index contributed by atoms with van der Waals surface area (Å²) in [5, 5.41) is 13.2. The molecule has 7 nitrogen and oxygen atoms in total. The second-order valence-corrected chi connectivity index (χ2v) is 10.2. The lowest BCUT2D eigenvalue weighted by atomic mass is 9.83. The molecule has 0 heterocycles. The molecule has 4 N–H and O–H groups in total. The van der Waals surface area contributed by atoms with E-state index < -0.39 is 22.0 Å². The van der Waals surface area contributed by atoms with E-state index in [9.17, 15) is 18.3 Å². The van der Waals surface area contributed by atoms with Crippen molar-refractivity contribution in [2.75, 3.05) is 18.6 Å². The van der Waals surface area contributed by atoms with Gasteiger partial charge in [-0.3, -0.25) is 0 Å². The largest absolute Gasteiger partial charge is 0.448 e. The summed E-state index contributed by atoms with van der Waals surface area (Å²) in [5.74, 6) is 0.468. The number of alkyl carbamates (subject to hydrolysis) is 1. The first-order valence-electron chi connectivity index (χ1n) is 9.63. The molecule has 0 aromatic rings. The van der Waals surface area contributed by atoms with Gasteiger partial charge in [0.05, 0.1) is 11.9 Å². The van der Waals surface area contributed by atoms with Gasteiger partial charge in [-0.25, -0.2) is 13.2 Å². The minimum Gasteiger partial charge on any atom is -0.448 e. The van der Waals surface area contributed by atoms with Gasteiger partial charge in [-0.15, -0.1) is 0 Å². The summed E-state index contributed by atoms with van der Waals surface area (Å²) in [5.41, 5.74) is 6.19. The van der Waals surface area contributed by atoms with Gasteiger partial charge in [0.1, 0.15) is 6.61 Å². The van der Waals surface area contributed by atoms with Crippen LogP contribution in [0.25, 0.3) is 0 Å². The predicted molar refractivity (Wildman–Crippen MR) is 103 cm³/mol. The van der Waals surface area contributed by atoms with Crippen molar-refractivity contribution in [2.24, 2.45) is 17.6 Å². The summed E-state index contributed by atoms with van der Waals surface area (Å²) < 4.78 is 27.1. The molecule has 0 spiro atoms. The van der Waals surface area contributed by atoms with E-state index in [0.717, 1.165) is 12.7 Å². The van der Waals surface area contributed by atoms with Crippen molar-refractivity contribution in [1.29, 1.82) is 0 Å². The lowest BCUT2D eigenvalue weighted by molar-refractivity contribution is 0.0943. The van der Waals surface area contributed by atoms with Crippen LogP contribution in [-0.4, -0.2) is 56.4 Å². The van der Waals surface area contributed by atoms with E-state index in [2.05, 4.69) is 5.32 Å². The molecular weight excluding hydrogens is 356 g/mol. The number of sulfone groups is 1. The Kier molecular flexibility index (Phi) is 9.89. The van der Waals surface area contributed by atoms with Crippen molar-refractivity contribution < 1.29 is 23.1 Å². The third-order valence-corrected chi connectivity index (χ3v) is 6.02. The van der Waals surface area contributed by atoms with Crippen LogP contribution in [0.4, 0.5) is 4.79 Å². The van der Waals surface area contributed by atoms with Gasteiger partial charge >= 0.3 is 6.09 Å². The van der Waals surface area contributed by atoms with Crippen LogP contribution in [0.5, 0.6) is 0 Å². The highest BCUT2D eigenvalue weighted by atomic mass is 32.2. The Balaban J connectivity index is 2.43. The fraction of sp³-hybridized carbons (Fsp3) is 0.944. The molecule has 3 atom stereocenters. The molecule has 0 aromatic heterocycles. The Hall–Kier alpha value is -0.860. The molecule has 3 unspecified atom stereocenters. The molecule has 0 aromatic carbocycles. The molecule has 0 saturated heterocycles. The van der Waals surface area contributed by atoms with Gasteiger partial charge in [0.25, 0.3) is 0 Å². The fourth-order valence-electron chi connectivity index (χ4n) is 3.38. The maximum Gasteiger partial charge on any atom is 0.407 e. The van der Waals surface area contributed by atoms with Gasteiger partial charge in [-0.1, -0.05) is 46.0 Å². The third-order valence-electron chi connectivity index (χ3n) is 5.12. The number of ether oxygens (including phenoxy) is 1. The average Bonchev–Trinajstić information content (AvgIpc) is 2.53. The second kappa shape index (κ2) is 11.1. The quantitative estimate of drug-likeness (QED) is 0.522. The first kappa shape index (κ1) is 23.2. The lowest BCUT2D eigenvalue weighted by Crippen LogP contribution is -2.46. The van der Waals surface area contributed by atoms with Gasteiger partial charge < -0.3 is 20.9 Å². The Bertz CT molecular complexity index is 518. The van der Waals surface area contributed by atoms with Crippen LogP contribution in [0.3, 0.4) is 0 Å². The van der Waals surface area contributed by atoms with Gasteiger partial charge in [-0.2, -0.15) is 0 Å². The van der Waals surface area contributed by atoms with Gasteiger partial charge in [-0.05, 0) is 24.7 Å². The number of hydrogen-bond donors (Lipinski definition) is 3. The highest BCUT2D eigenvalue weighted by Crippen LogP contribution is 2.28. The zero-order chi connectivity index (χ0) is 19.7. The maximum absolute atomic E-state index is 11.9. The summed E-state index contributed by atoms with van der Waals surface area (Å²) in [6.07, 6.45) is 7.02. The first-order chi connectivity index (χ1) is 12.1. The van der Waals surface area contributed by atoms with E-state index >= 15 is 0 Å². The predicted octanol–water partition coefficient (Wildman–Crippen LogP) is 1.83. The molecule has 1 rings (SSSR count). The van der Waals surface area contributed by atoms with Crippen molar-refractivity contribution in [2.45, 2.75) is 77.0 Å². The minimum atomic E-state index is -3.17. The molecule has 1 aliphatic rings. The molecule has 0 radical (unpaired) electrons. The number of carbonyl (C=O) groups is 1. The van der Waals surface area contributed by atoms with Crippen LogP contribution >= 0.6 is 0 Å². The van der Waals surface area contributed by atoms with Crippen molar-refractivity contribution in [3.05, 3.63) is 0 Å². The first-order valence-corrected chi connectivity index (χ1v) is 11.7. The number of amides is 1. The Labute approximate surface area is 158 Å². The van der Waals surface area contributed by atoms with E-state index in [1.807, 2.05) is 13.8 Å². The molecule has 1 amide bonds. The molecule has 1 fully saturated rings. The van der Waals surface area contributed by atoms with Crippen LogP contribution in [0, 0.1) is 11.8 Å². The Morgan fingerprint density at radius 1 is 1.27 bits per heavy atom. The molecule has 26 heavy (non-hydrogen) atoms. The monoisotopic (exact) mass is 392 g/mol. The number of hydrogen-bond acceptors (Lipinski definition) is 6.